The fourth-order valence-electron chi connectivity index (χ4n) is 1.95. The standard InChI is InChI=1S/C12H18N2O3S/c1-10-9-14(7-8-17-10)18(15,16)12-5-3-11(13-2)4-6-12/h3-6,10,13H,7-9H2,1-2H3. The molecule has 6 heteroatoms. The summed E-state index contributed by atoms with van der Waals surface area (Å²) in [5.41, 5.74) is 0.893. The number of rotatable bonds is 3. The van der Waals surface area contributed by atoms with Crippen LogP contribution in [0.4, 0.5) is 5.69 Å². The Bertz CT molecular complexity index is 499. The van der Waals surface area contributed by atoms with Crippen molar-refractivity contribution in [2.75, 3.05) is 32.1 Å². The smallest absolute Gasteiger partial charge is 0.243 e. The first kappa shape index (κ1) is 13.3. The Hall–Kier alpha value is -1.11. The van der Waals surface area contributed by atoms with E-state index in [9.17, 15) is 8.42 Å². The van der Waals surface area contributed by atoms with Crippen LogP contribution in [0.3, 0.4) is 0 Å². The zero-order valence-electron chi connectivity index (χ0n) is 10.6. The van der Waals surface area contributed by atoms with Gasteiger partial charge in [-0.15, -0.1) is 0 Å². The molecule has 1 N–H and O–H groups in total. The van der Waals surface area contributed by atoms with Crippen molar-refractivity contribution in [1.29, 1.82) is 0 Å². The number of hydrogen-bond donors (Lipinski definition) is 1. The Labute approximate surface area is 108 Å². The van der Waals surface area contributed by atoms with Crippen molar-refractivity contribution >= 4 is 15.7 Å². The van der Waals surface area contributed by atoms with Gasteiger partial charge in [0.05, 0.1) is 17.6 Å². The predicted molar refractivity (Wildman–Crippen MR) is 70.2 cm³/mol. The van der Waals surface area contributed by atoms with Crippen LogP contribution in [0.1, 0.15) is 6.92 Å². The Balaban J connectivity index is 2.23. The molecule has 1 aliphatic heterocycles. The van der Waals surface area contributed by atoms with Gasteiger partial charge in [-0.2, -0.15) is 4.31 Å². The summed E-state index contributed by atoms with van der Waals surface area (Å²) in [6.45, 7) is 3.16. The lowest BCUT2D eigenvalue weighted by Crippen LogP contribution is -2.44. The summed E-state index contributed by atoms with van der Waals surface area (Å²) >= 11 is 0. The van der Waals surface area contributed by atoms with Crippen molar-refractivity contribution in [3.63, 3.8) is 0 Å². The van der Waals surface area contributed by atoms with Crippen LogP contribution in [0, 0.1) is 0 Å². The average molecular weight is 270 g/mol. The molecule has 0 saturated carbocycles. The molecule has 0 spiro atoms. The predicted octanol–water partition coefficient (Wildman–Crippen LogP) is 1.14. The lowest BCUT2D eigenvalue weighted by molar-refractivity contribution is 0.0102. The van der Waals surface area contributed by atoms with Crippen LogP contribution in [-0.4, -0.2) is 45.6 Å². The van der Waals surface area contributed by atoms with Crippen LogP contribution >= 0.6 is 0 Å². The van der Waals surface area contributed by atoms with Gasteiger partial charge in [-0.3, -0.25) is 0 Å². The van der Waals surface area contributed by atoms with Crippen molar-refractivity contribution in [2.24, 2.45) is 0 Å². The summed E-state index contributed by atoms with van der Waals surface area (Å²) in [4.78, 5) is 0.329. The molecule has 0 radical (unpaired) electrons. The van der Waals surface area contributed by atoms with Gasteiger partial charge in [0.25, 0.3) is 0 Å². The molecule has 1 aliphatic rings. The third-order valence-electron chi connectivity index (χ3n) is 2.98. The molecule has 0 bridgehead atoms. The van der Waals surface area contributed by atoms with Gasteiger partial charge in [0, 0.05) is 25.8 Å². The van der Waals surface area contributed by atoms with Gasteiger partial charge in [-0.05, 0) is 31.2 Å². The SMILES string of the molecule is CNc1ccc(S(=O)(=O)N2CCOC(C)C2)cc1. The van der Waals surface area contributed by atoms with Crippen LogP contribution < -0.4 is 5.32 Å². The van der Waals surface area contributed by atoms with Gasteiger partial charge < -0.3 is 10.1 Å². The number of benzene rings is 1. The quantitative estimate of drug-likeness (QED) is 0.894. The molecule has 1 atom stereocenters. The molecule has 1 heterocycles. The summed E-state index contributed by atoms with van der Waals surface area (Å²) < 4.78 is 31.6. The maximum absolute atomic E-state index is 12.4. The highest BCUT2D eigenvalue weighted by Gasteiger charge is 2.28. The number of ether oxygens (including phenoxy) is 1. The minimum atomic E-state index is -3.39. The number of sulfonamides is 1. The van der Waals surface area contributed by atoms with E-state index in [2.05, 4.69) is 5.32 Å². The summed E-state index contributed by atoms with van der Waals surface area (Å²) in [5.74, 6) is 0. The lowest BCUT2D eigenvalue weighted by atomic mass is 10.3. The normalized spacial score (nSPS) is 21.8. The number of nitrogens with zero attached hydrogens (tertiary/aromatic N) is 1. The van der Waals surface area contributed by atoms with Crippen molar-refractivity contribution in [3.8, 4) is 0 Å². The second-order valence-electron chi connectivity index (χ2n) is 4.32. The van der Waals surface area contributed by atoms with Gasteiger partial charge in [-0.25, -0.2) is 8.42 Å². The number of hydrogen-bond acceptors (Lipinski definition) is 4. The second-order valence-corrected chi connectivity index (χ2v) is 6.26. The van der Waals surface area contributed by atoms with Crippen molar-refractivity contribution in [2.45, 2.75) is 17.9 Å². The van der Waals surface area contributed by atoms with E-state index in [-0.39, 0.29) is 6.10 Å². The molecule has 1 fully saturated rings. The van der Waals surface area contributed by atoms with E-state index in [0.717, 1.165) is 5.69 Å². The number of nitrogens with one attached hydrogen (secondary N) is 1. The number of anilines is 1. The molecule has 0 amide bonds. The molecular formula is C12H18N2O3S. The van der Waals surface area contributed by atoms with Crippen molar-refractivity contribution in [3.05, 3.63) is 24.3 Å². The largest absolute Gasteiger partial charge is 0.388 e. The molecule has 2 rings (SSSR count). The van der Waals surface area contributed by atoms with E-state index in [1.54, 1.807) is 31.3 Å². The number of morpholine rings is 1. The Kier molecular flexibility index (Phi) is 3.89. The molecule has 0 aromatic heterocycles. The van der Waals surface area contributed by atoms with Crippen LogP contribution in [0.5, 0.6) is 0 Å². The van der Waals surface area contributed by atoms with E-state index in [4.69, 9.17) is 4.74 Å². The van der Waals surface area contributed by atoms with E-state index < -0.39 is 10.0 Å². The molecule has 1 aromatic carbocycles. The van der Waals surface area contributed by atoms with E-state index in [1.165, 1.54) is 4.31 Å². The topological polar surface area (TPSA) is 58.6 Å². The van der Waals surface area contributed by atoms with E-state index in [0.29, 0.717) is 24.6 Å². The molecule has 18 heavy (non-hydrogen) atoms. The third-order valence-corrected chi connectivity index (χ3v) is 4.86. The first-order chi connectivity index (χ1) is 8.54. The van der Waals surface area contributed by atoms with Gasteiger partial charge in [0.2, 0.25) is 10.0 Å². The van der Waals surface area contributed by atoms with Crippen LogP contribution in [0.2, 0.25) is 0 Å². The van der Waals surface area contributed by atoms with Crippen LogP contribution in [0.15, 0.2) is 29.2 Å². The van der Waals surface area contributed by atoms with E-state index >= 15 is 0 Å². The third kappa shape index (κ3) is 2.66. The zero-order valence-corrected chi connectivity index (χ0v) is 11.4. The van der Waals surface area contributed by atoms with Crippen molar-refractivity contribution in [1.82, 2.24) is 4.31 Å². The molecule has 100 valence electrons. The van der Waals surface area contributed by atoms with Gasteiger partial charge >= 0.3 is 0 Å². The highest BCUT2D eigenvalue weighted by Crippen LogP contribution is 2.20. The van der Waals surface area contributed by atoms with Gasteiger partial charge in [-0.1, -0.05) is 0 Å². The van der Waals surface area contributed by atoms with Crippen LogP contribution in [0.25, 0.3) is 0 Å². The Morgan fingerprint density at radius 2 is 2.00 bits per heavy atom. The first-order valence-electron chi connectivity index (χ1n) is 5.93. The summed E-state index contributed by atoms with van der Waals surface area (Å²) in [5, 5.41) is 2.96. The second kappa shape index (κ2) is 5.26. The molecule has 0 aliphatic carbocycles. The maximum Gasteiger partial charge on any atom is 0.243 e. The maximum atomic E-state index is 12.4. The fraction of sp³-hybridized carbons (Fsp3) is 0.500. The highest BCUT2D eigenvalue weighted by atomic mass is 32.2. The van der Waals surface area contributed by atoms with Crippen LogP contribution in [-0.2, 0) is 14.8 Å². The summed E-state index contributed by atoms with van der Waals surface area (Å²) in [7, 11) is -1.60. The summed E-state index contributed by atoms with van der Waals surface area (Å²) in [6.07, 6.45) is -0.0508. The van der Waals surface area contributed by atoms with Gasteiger partial charge in [0.1, 0.15) is 0 Å². The molecular weight excluding hydrogens is 252 g/mol. The fourth-order valence-corrected chi connectivity index (χ4v) is 3.45. The minimum absolute atomic E-state index is 0.0508. The monoisotopic (exact) mass is 270 g/mol. The molecule has 1 unspecified atom stereocenters. The lowest BCUT2D eigenvalue weighted by Gasteiger charge is -2.30. The molecule has 1 aromatic rings. The minimum Gasteiger partial charge on any atom is -0.388 e. The Morgan fingerprint density at radius 1 is 1.33 bits per heavy atom. The molecule has 1 saturated heterocycles. The van der Waals surface area contributed by atoms with E-state index in [1.807, 2.05) is 6.92 Å². The Morgan fingerprint density at radius 3 is 2.56 bits per heavy atom. The summed E-state index contributed by atoms with van der Waals surface area (Å²) in [6, 6.07) is 6.77. The highest BCUT2D eigenvalue weighted by molar-refractivity contribution is 7.89. The first-order valence-corrected chi connectivity index (χ1v) is 7.37. The molecule has 5 nitrogen and oxygen atoms in total. The zero-order chi connectivity index (χ0) is 13.2. The van der Waals surface area contributed by atoms with Gasteiger partial charge in [0.15, 0.2) is 0 Å². The van der Waals surface area contributed by atoms with Crippen molar-refractivity contribution < 1.29 is 13.2 Å². The average Bonchev–Trinajstić information content (AvgIpc) is 2.39.